The van der Waals surface area contributed by atoms with E-state index in [0.29, 0.717) is 0 Å². The molecule has 1 atom stereocenters. The number of nitrogens with zero attached hydrogens (tertiary/aromatic N) is 2. The van der Waals surface area contributed by atoms with E-state index in [1.807, 2.05) is 12.1 Å². The molecule has 18 heavy (non-hydrogen) atoms. The Morgan fingerprint density at radius 1 is 1.39 bits per heavy atom. The fourth-order valence-corrected chi connectivity index (χ4v) is 2.86. The Balaban J connectivity index is 1.85. The van der Waals surface area contributed by atoms with Gasteiger partial charge in [0, 0.05) is 24.7 Å². The number of pyridine rings is 1. The van der Waals surface area contributed by atoms with E-state index in [1.165, 1.54) is 38.6 Å². The predicted octanol–water partition coefficient (Wildman–Crippen LogP) is 2.86. The Morgan fingerprint density at radius 3 is 3.00 bits per heavy atom. The number of likely N-dealkylation sites (tertiary alicyclic amines) is 1. The first-order chi connectivity index (χ1) is 8.79. The smallest absolute Gasteiger partial charge is 0.0501 e. The van der Waals surface area contributed by atoms with E-state index in [4.69, 9.17) is 5.73 Å². The van der Waals surface area contributed by atoms with E-state index < -0.39 is 0 Å². The fraction of sp³-hybridized carbons (Fsp3) is 0.667. The Morgan fingerprint density at radius 2 is 2.28 bits per heavy atom. The number of aromatic nitrogens is 1. The molecule has 0 bridgehead atoms. The molecule has 0 aromatic carbocycles. The van der Waals surface area contributed by atoms with Crippen molar-refractivity contribution in [2.24, 2.45) is 0 Å². The number of anilines is 1. The third kappa shape index (κ3) is 3.70. The molecule has 100 valence electrons. The largest absolute Gasteiger partial charge is 0.397 e. The molecule has 3 heteroatoms. The SMILES string of the molecule is CCCC1CCCCN1CCc1ccc(N)cn1. The van der Waals surface area contributed by atoms with Gasteiger partial charge in [-0.1, -0.05) is 19.8 Å². The van der Waals surface area contributed by atoms with Crippen LogP contribution < -0.4 is 5.73 Å². The molecule has 1 unspecified atom stereocenters. The summed E-state index contributed by atoms with van der Waals surface area (Å²) in [5.41, 5.74) is 7.56. The van der Waals surface area contributed by atoms with Gasteiger partial charge in [0.05, 0.1) is 11.9 Å². The minimum Gasteiger partial charge on any atom is -0.397 e. The van der Waals surface area contributed by atoms with Gasteiger partial charge in [0.2, 0.25) is 0 Å². The number of piperidine rings is 1. The molecule has 3 nitrogen and oxygen atoms in total. The van der Waals surface area contributed by atoms with Crippen LogP contribution in [0.1, 0.15) is 44.7 Å². The van der Waals surface area contributed by atoms with E-state index >= 15 is 0 Å². The molecule has 1 aliphatic rings. The standard InChI is InChI=1S/C15H25N3/c1-2-5-15-6-3-4-10-18(15)11-9-14-8-7-13(16)12-17-14/h7-8,12,15H,2-6,9-11,16H2,1H3. The Hall–Kier alpha value is -1.09. The lowest BCUT2D eigenvalue weighted by Crippen LogP contribution is -2.40. The van der Waals surface area contributed by atoms with Gasteiger partial charge in [-0.2, -0.15) is 0 Å². The summed E-state index contributed by atoms with van der Waals surface area (Å²) in [6, 6.07) is 4.80. The van der Waals surface area contributed by atoms with Crippen molar-refractivity contribution >= 4 is 5.69 Å². The monoisotopic (exact) mass is 247 g/mol. The summed E-state index contributed by atoms with van der Waals surface area (Å²) >= 11 is 0. The molecular weight excluding hydrogens is 222 g/mol. The average Bonchev–Trinajstić information content (AvgIpc) is 2.40. The minimum absolute atomic E-state index is 0.751. The molecule has 2 rings (SSSR count). The van der Waals surface area contributed by atoms with Gasteiger partial charge in [-0.25, -0.2) is 0 Å². The van der Waals surface area contributed by atoms with Gasteiger partial charge in [0.15, 0.2) is 0 Å². The average molecular weight is 247 g/mol. The van der Waals surface area contributed by atoms with Crippen molar-refractivity contribution in [3.05, 3.63) is 24.0 Å². The van der Waals surface area contributed by atoms with Crippen LogP contribution in [0.2, 0.25) is 0 Å². The van der Waals surface area contributed by atoms with Gasteiger partial charge >= 0.3 is 0 Å². The second kappa shape index (κ2) is 6.74. The summed E-state index contributed by atoms with van der Waals surface area (Å²) in [6.45, 7) is 4.69. The van der Waals surface area contributed by atoms with Crippen molar-refractivity contribution in [1.29, 1.82) is 0 Å². The molecule has 2 heterocycles. The van der Waals surface area contributed by atoms with Gasteiger partial charge in [-0.3, -0.25) is 4.98 Å². The molecule has 1 aromatic rings. The molecule has 1 aliphatic heterocycles. The van der Waals surface area contributed by atoms with Gasteiger partial charge in [0.1, 0.15) is 0 Å². The number of nitrogen functional groups attached to an aromatic ring is 1. The van der Waals surface area contributed by atoms with Crippen LogP contribution in [0.3, 0.4) is 0 Å². The van der Waals surface area contributed by atoms with Crippen LogP contribution in [0.4, 0.5) is 5.69 Å². The first kappa shape index (κ1) is 13.3. The molecule has 1 saturated heterocycles. The summed E-state index contributed by atoms with van der Waals surface area (Å²) in [7, 11) is 0. The first-order valence-corrected chi connectivity index (χ1v) is 7.24. The van der Waals surface area contributed by atoms with Crippen molar-refractivity contribution in [2.45, 2.75) is 51.5 Å². The van der Waals surface area contributed by atoms with E-state index in [2.05, 4.69) is 16.8 Å². The highest BCUT2D eigenvalue weighted by Gasteiger charge is 2.20. The lowest BCUT2D eigenvalue weighted by molar-refractivity contribution is 0.141. The second-order valence-electron chi connectivity index (χ2n) is 5.31. The van der Waals surface area contributed by atoms with E-state index in [0.717, 1.165) is 30.4 Å². The number of nitrogens with two attached hydrogens (primary N) is 1. The van der Waals surface area contributed by atoms with E-state index in [9.17, 15) is 0 Å². The Labute approximate surface area is 110 Å². The molecule has 2 N–H and O–H groups in total. The number of hydrogen-bond acceptors (Lipinski definition) is 3. The zero-order valence-corrected chi connectivity index (χ0v) is 11.4. The van der Waals surface area contributed by atoms with Gasteiger partial charge in [-0.15, -0.1) is 0 Å². The van der Waals surface area contributed by atoms with E-state index in [1.54, 1.807) is 6.20 Å². The first-order valence-electron chi connectivity index (χ1n) is 7.24. The van der Waals surface area contributed by atoms with Gasteiger partial charge < -0.3 is 10.6 Å². The van der Waals surface area contributed by atoms with Crippen LogP contribution >= 0.6 is 0 Å². The summed E-state index contributed by atoms with van der Waals surface area (Å²) in [5.74, 6) is 0. The molecular formula is C15H25N3. The van der Waals surface area contributed by atoms with Crippen LogP contribution in [-0.2, 0) is 6.42 Å². The summed E-state index contributed by atoms with van der Waals surface area (Å²) in [6.07, 6.45) is 9.58. The van der Waals surface area contributed by atoms with Crippen LogP contribution in [0, 0.1) is 0 Å². The maximum Gasteiger partial charge on any atom is 0.0501 e. The van der Waals surface area contributed by atoms with Crippen LogP contribution in [0.5, 0.6) is 0 Å². The molecule has 0 radical (unpaired) electrons. The lowest BCUT2D eigenvalue weighted by Gasteiger charge is -2.35. The van der Waals surface area contributed by atoms with Crippen LogP contribution in [0.25, 0.3) is 0 Å². The zero-order chi connectivity index (χ0) is 12.8. The maximum atomic E-state index is 5.65. The quantitative estimate of drug-likeness (QED) is 0.870. The number of rotatable bonds is 5. The number of hydrogen-bond donors (Lipinski definition) is 1. The molecule has 0 amide bonds. The van der Waals surface area contributed by atoms with Crippen molar-refractivity contribution in [3.8, 4) is 0 Å². The lowest BCUT2D eigenvalue weighted by atomic mass is 9.98. The van der Waals surface area contributed by atoms with Crippen molar-refractivity contribution in [1.82, 2.24) is 9.88 Å². The molecule has 0 spiro atoms. The van der Waals surface area contributed by atoms with Crippen molar-refractivity contribution < 1.29 is 0 Å². The van der Waals surface area contributed by atoms with Crippen LogP contribution in [-0.4, -0.2) is 29.0 Å². The summed E-state index contributed by atoms with van der Waals surface area (Å²) < 4.78 is 0. The second-order valence-corrected chi connectivity index (χ2v) is 5.31. The Kier molecular flexibility index (Phi) is 5.00. The highest BCUT2D eigenvalue weighted by atomic mass is 15.2. The highest BCUT2D eigenvalue weighted by Crippen LogP contribution is 2.20. The molecule has 0 aliphatic carbocycles. The topological polar surface area (TPSA) is 42.1 Å². The normalized spacial score (nSPS) is 21.1. The molecule has 1 aromatic heterocycles. The van der Waals surface area contributed by atoms with Crippen LogP contribution in [0.15, 0.2) is 18.3 Å². The van der Waals surface area contributed by atoms with Gasteiger partial charge in [-0.05, 0) is 37.9 Å². The highest BCUT2D eigenvalue weighted by molar-refractivity contribution is 5.34. The van der Waals surface area contributed by atoms with Gasteiger partial charge in [0.25, 0.3) is 0 Å². The van der Waals surface area contributed by atoms with Crippen molar-refractivity contribution in [3.63, 3.8) is 0 Å². The third-order valence-electron chi connectivity index (χ3n) is 3.87. The molecule has 0 saturated carbocycles. The fourth-order valence-electron chi connectivity index (χ4n) is 2.86. The maximum absolute atomic E-state index is 5.65. The molecule has 1 fully saturated rings. The van der Waals surface area contributed by atoms with Crippen molar-refractivity contribution in [2.75, 3.05) is 18.8 Å². The summed E-state index contributed by atoms with van der Waals surface area (Å²) in [5, 5.41) is 0. The van der Waals surface area contributed by atoms with E-state index in [-0.39, 0.29) is 0 Å². The third-order valence-corrected chi connectivity index (χ3v) is 3.87. The Bertz CT molecular complexity index is 345. The minimum atomic E-state index is 0.751. The zero-order valence-electron chi connectivity index (χ0n) is 11.4. The predicted molar refractivity (Wildman–Crippen MR) is 76.5 cm³/mol. The summed E-state index contributed by atoms with van der Waals surface area (Å²) in [4.78, 5) is 7.04.